The van der Waals surface area contributed by atoms with Crippen LogP contribution >= 0.6 is 11.3 Å². The first-order valence-electron chi connectivity index (χ1n) is 15.2. The number of benzene rings is 2. The summed E-state index contributed by atoms with van der Waals surface area (Å²) in [6, 6.07) is 4.02. The lowest BCUT2D eigenvalue weighted by molar-refractivity contribution is -0.137. The lowest BCUT2D eigenvalue weighted by Gasteiger charge is -2.31. The average Bonchev–Trinajstić information content (AvgIpc) is 3.66. The van der Waals surface area contributed by atoms with Crippen LogP contribution in [0.3, 0.4) is 0 Å². The summed E-state index contributed by atoms with van der Waals surface area (Å²) in [6.45, 7) is 6.32. The van der Waals surface area contributed by atoms with Crippen LogP contribution in [0.2, 0.25) is 0 Å². The molecule has 3 atom stereocenters. The van der Waals surface area contributed by atoms with Crippen molar-refractivity contribution in [3.63, 3.8) is 0 Å². The quantitative estimate of drug-likeness (QED) is 0.200. The van der Waals surface area contributed by atoms with Gasteiger partial charge in [0.25, 0.3) is 0 Å². The highest BCUT2D eigenvalue weighted by molar-refractivity contribution is 7.23. The van der Waals surface area contributed by atoms with Gasteiger partial charge in [-0.15, -0.1) is 11.3 Å². The highest BCUT2D eigenvalue weighted by Crippen LogP contribution is 2.48. The van der Waals surface area contributed by atoms with Crippen LogP contribution in [0.1, 0.15) is 51.2 Å². The molecule has 0 radical (unpaired) electrons. The van der Waals surface area contributed by atoms with Gasteiger partial charge in [-0.05, 0) is 44.0 Å². The maximum absolute atomic E-state index is 16.7. The molecule has 0 aliphatic carbocycles. The smallest absolute Gasteiger partial charge is 0.417 e. The van der Waals surface area contributed by atoms with Gasteiger partial charge in [0.05, 0.1) is 27.5 Å². The predicted octanol–water partition coefficient (Wildman–Crippen LogP) is 7.06. The van der Waals surface area contributed by atoms with E-state index >= 15 is 4.39 Å². The van der Waals surface area contributed by atoms with Gasteiger partial charge in [0, 0.05) is 42.9 Å². The van der Waals surface area contributed by atoms with E-state index in [9.17, 15) is 32.3 Å². The summed E-state index contributed by atoms with van der Waals surface area (Å²) < 4.78 is 95.7. The van der Waals surface area contributed by atoms with Crippen LogP contribution in [0, 0.1) is 23.0 Å². The number of rotatable bonds is 7. The summed E-state index contributed by atoms with van der Waals surface area (Å²) in [5.41, 5.74) is 1.75. The van der Waals surface area contributed by atoms with Crippen molar-refractivity contribution < 1.29 is 36.2 Å². The van der Waals surface area contributed by atoms with E-state index in [0.717, 1.165) is 18.6 Å². The number of aliphatic hydroxyl groups is 1. The van der Waals surface area contributed by atoms with E-state index in [1.54, 1.807) is 6.07 Å². The van der Waals surface area contributed by atoms with Gasteiger partial charge in [-0.2, -0.15) is 28.4 Å². The molecule has 2 aliphatic heterocycles. The monoisotopic (exact) mass is 680 g/mol. The van der Waals surface area contributed by atoms with E-state index in [2.05, 4.69) is 9.97 Å². The summed E-state index contributed by atoms with van der Waals surface area (Å²) in [6.07, 6.45) is -5.35. The number of anilines is 2. The molecule has 0 amide bonds. The first-order valence-corrected chi connectivity index (χ1v) is 16.0. The molecule has 0 spiro atoms. The molecule has 2 fully saturated rings. The summed E-state index contributed by atoms with van der Waals surface area (Å²) in [7, 11) is 1.47. The zero-order valence-corrected chi connectivity index (χ0v) is 27.0. The molecule has 0 bridgehead atoms. The van der Waals surface area contributed by atoms with Crippen molar-refractivity contribution >= 4 is 43.1 Å². The van der Waals surface area contributed by atoms with Gasteiger partial charge in [-0.1, -0.05) is 19.9 Å². The molecule has 252 valence electrons. The van der Waals surface area contributed by atoms with Crippen LogP contribution in [0.25, 0.3) is 32.1 Å². The van der Waals surface area contributed by atoms with Crippen molar-refractivity contribution in [2.75, 3.05) is 43.9 Å². The molecule has 47 heavy (non-hydrogen) atoms. The number of hydrogen-bond acceptors (Lipinski definition) is 9. The zero-order chi connectivity index (χ0) is 34.4. The Balaban J connectivity index is 0.00000213. The number of nitrogens with two attached hydrogens (primary N) is 1. The number of aromatic nitrogens is 2. The van der Waals surface area contributed by atoms with E-state index < -0.39 is 52.3 Å². The molecule has 0 saturated carbocycles. The van der Waals surface area contributed by atoms with Crippen molar-refractivity contribution in [1.82, 2.24) is 14.9 Å². The fourth-order valence-electron chi connectivity index (χ4n) is 6.67. The lowest BCUT2D eigenvalue weighted by Crippen LogP contribution is -2.43. The third-order valence-corrected chi connectivity index (χ3v) is 9.55. The third kappa shape index (κ3) is 6.14. The van der Waals surface area contributed by atoms with E-state index in [-0.39, 0.29) is 69.5 Å². The average molecular weight is 681 g/mol. The highest BCUT2D eigenvalue weighted by Gasteiger charge is 2.49. The van der Waals surface area contributed by atoms with Crippen LogP contribution in [-0.2, 0) is 6.18 Å². The molecule has 4 aromatic rings. The Kier molecular flexibility index (Phi) is 9.51. The molecule has 3 unspecified atom stereocenters. The highest BCUT2D eigenvalue weighted by atomic mass is 32.1. The number of nitrogens with zero attached hydrogens (tertiary/aromatic N) is 5. The van der Waals surface area contributed by atoms with E-state index in [4.69, 9.17) is 10.5 Å². The number of halogens is 6. The molecule has 3 N–H and O–H groups in total. The largest absolute Gasteiger partial charge is 0.461 e. The number of nitriles is 1. The van der Waals surface area contributed by atoms with Gasteiger partial charge in [0.15, 0.2) is 5.82 Å². The summed E-state index contributed by atoms with van der Waals surface area (Å²) in [5, 5.41) is 19.1. The molecule has 8 nitrogen and oxygen atoms in total. The number of hydrogen-bond donors (Lipinski definition) is 2. The standard InChI is InChI=1S/C30H28F6N6O2S.C2H6/c1-14(43)11-41(2)27-17-8-19(30(34,35)36)22(16-4-5-20(32)25-21(16)18(10-37)26(38)45-25)23(33)24(17)39-28(40-27)44-13-29-6-3-7-42(29)12-15(31)9-29;1-2/h4-5,8,14-15,43H,3,6-7,9,11-13,38H2,1-2H3;1-2H3. The van der Waals surface area contributed by atoms with E-state index in [1.807, 2.05) is 18.7 Å². The first-order chi connectivity index (χ1) is 22.2. The van der Waals surface area contributed by atoms with E-state index in [0.29, 0.717) is 30.4 Å². The Hall–Kier alpha value is -3.87. The number of aliphatic hydroxyl groups excluding tert-OH is 1. The van der Waals surface area contributed by atoms with Crippen molar-refractivity contribution in [2.24, 2.45) is 0 Å². The minimum atomic E-state index is -5.11. The molecule has 6 rings (SSSR count). The van der Waals surface area contributed by atoms with Gasteiger partial charge in [0.1, 0.15) is 41.0 Å². The minimum Gasteiger partial charge on any atom is -0.461 e. The van der Waals surface area contributed by atoms with Crippen molar-refractivity contribution in [3.8, 4) is 23.2 Å². The number of likely N-dealkylation sites (N-methyl/N-ethyl adjacent to an activating group) is 1. The molecule has 2 aromatic heterocycles. The van der Waals surface area contributed by atoms with Gasteiger partial charge >= 0.3 is 12.2 Å². The Morgan fingerprint density at radius 2 is 2.00 bits per heavy atom. The zero-order valence-electron chi connectivity index (χ0n) is 26.2. The first kappa shape index (κ1) is 34.5. The second-order valence-electron chi connectivity index (χ2n) is 11.7. The maximum atomic E-state index is 16.7. The SMILES string of the molecule is CC.CC(O)CN(C)c1nc(OCC23CCCN2CC(F)C3)nc2c(F)c(-c3ccc(F)c4sc(N)c(C#N)c34)c(C(F)(F)F)cc12. The van der Waals surface area contributed by atoms with Gasteiger partial charge in [0.2, 0.25) is 0 Å². The van der Waals surface area contributed by atoms with Gasteiger partial charge in [-0.25, -0.2) is 13.2 Å². The van der Waals surface area contributed by atoms with Crippen LogP contribution < -0.4 is 15.4 Å². The van der Waals surface area contributed by atoms with Crippen LogP contribution in [0.5, 0.6) is 6.01 Å². The van der Waals surface area contributed by atoms with Gasteiger partial charge < -0.3 is 20.5 Å². The number of fused-ring (bicyclic) bond motifs is 3. The Morgan fingerprint density at radius 3 is 2.66 bits per heavy atom. The van der Waals surface area contributed by atoms with Crippen molar-refractivity contribution in [2.45, 2.75) is 64.0 Å². The van der Waals surface area contributed by atoms with Crippen LogP contribution in [0.15, 0.2) is 18.2 Å². The number of ether oxygens (including phenoxy) is 1. The Bertz CT molecular complexity index is 1860. The summed E-state index contributed by atoms with van der Waals surface area (Å²) in [5.74, 6) is -2.36. The molecule has 2 aliphatic rings. The van der Waals surface area contributed by atoms with Gasteiger partial charge in [-0.3, -0.25) is 4.90 Å². The molecule has 4 heterocycles. The summed E-state index contributed by atoms with van der Waals surface area (Å²) >= 11 is 0.672. The second-order valence-corrected chi connectivity index (χ2v) is 12.7. The maximum Gasteiger partial charge on any atom is 0.417 e. The normalized spacial score (nSPS) is 20.2. The topological polar surface area (TPSA) is 112 Å². The van der Waals surface area contributed by atoms with Crippen LogP contribution in [-0.4, -0.2) is 71.1 Å². The van der Waals surface area contributed by atoms with Crippen molar-refractivity contribution in [1.29, 1.82) is 5.26 Å². The molecular weight excluding hydrogens is 646 g/mol. The van der Waals surface area contributed by atoms with E-state index in [1.165, 1.54) is 18.9 Å². The number of thiophene rings is 1. The minimum absolute atomic E-state index is 0.0219. The predicted molar refractivity (Wildman–Crippen MR) is 169 cm³/mol. The fraction of sp³-hybridized carbons (Fsp3) is 0.469. The van der Waals surface area contributed by atoms with Crippen LogP contribution in [0.4, 0.5) is 37.2 Å². The molecule has 2 saturated heterocycles. The third-order valence-electron chi connectivity index (χ3n) is 8.53. The molecular formula is C32H34F6N6O2S. The lowest BCUT2D eigenvalue weighted by atomic mass is 9.92. The second kappa shape index (κ2) is 13.0. The fourth-order valence-corrected chi connectivity index (χ4v) is 7.62. The molecule has 2 aromatic carbocycles. The Morgan fingerprint density at radius 1 is 1.28 bits per heavy atom. The number of alkyl halides is 4. The molecule has 15 heteroatoms. The Labute approximate surface area is 271 Å². The van der Waals surface area contributed by atoms with Crippen molar-refractivity contribution in [3.05, 3.63) is 41.0 Å². The summed E-state index contributed by atoms with van der Waals surface area (Å²) in [4.78, 5) is 11.9. The number of nitrogen functional groups attached to an aromatic ring is 1.